The highest BCUT2D eigenvalue weighted by Crippen LogP contribution is 2.23. The molecule has 1 aromatic carbocycles. The van der Waals surface area contributed by atoms with E-state index < -0.39 is 145 Å². The number of nitrogens with one attached hydrogen (secondary N) is 7. The van der Waals surface area contributed by atoms with Crippen molar-refractivity contribution in [1.82, 2.24) is 47.0 Å². The highest BCUT2D eigenvalue weighted by atomic mass is 16.4. The number of phenolic OH excluding ortho intramolecular Hbond substituents is 1. The summed E-state index contributed by atoms with van der Waals surface area (Å²) in [6, 6.07) is -7.22. The molecule has 2 fully saturated rings. The maximum Gasteiger partial charge on any atom is 0.326 e. The first-order valence-corrected chi connectivity index (χ1v) is 24.9. The zero-order chi connectivity index (χ0) is 56.8. The molecule has 29 nitrogen and oxygen atoms in total. The smallest absolute Gasteiger partial charge is 0.326 e. The summed E-state index contributed by atoms with van der Waals surface area (Å²) in [6.07, 6.45) is 0.276. The molecular weight excluding hydrogens is 1000 g/mol. The number of aliphatic imine (C=N–C) groups is 1. The molecule has 0 radical (unpaired) electrons. The van der Waals surface area contributed by atoms with Crippen LogP contribution in [0.4, 0.5) is 0 Å². The molecule has 76 heavy (non-hydrogen) atoms. The van der Waals surface area contributed by atoms with Crippen molar-refractivity contribution in [3.8, 4) is 5.75 Å². The molecule has 422 valence electrons. The van der Waals surface area contributed by atoms with Gasteiger partial charge in [0.2, 0.25) is 59.1 Å². The predicted octanol–water partition coefficient (Wildman–Crippen LogP) is -6.28. The lowest BCUT2D eigenvalue weighted by atomic mass is 10.0. The monoisotopic (exact) mass is 1070 g/mol. The molecule has 19 N–H and O–H groups in total. The Morgan fingerprint density at radius 2 is 1.14 bits per heavy atom. The number of benzene rings is 1. The number of carboxylic acid groups (broad SMARTS) is 1. The van der Waals surface area contributed by atoms with Gasteiger partial charge in [-0.3, -0.25) is 52.9 Å². The van der Waals surface area contributed by atoms with Crippen LogP contribution in [0, 0.1) is 5.92 Å². The molecule has 0 unspecified atom stereocenters. The van der Waals surface area contributed by atoms with Gasteiger partial charge in [-0.1, -0.05) is 26.0 Å². The molecule has 0 spiro atoms. The summed E-state index contributed by atoms with van der Waals surface area (Å²) in [5.74, 6) is -10.3. The fraction of sp³-hybridized carbons (Fsp3) is 0.617. The normalized spacial score (nSPS) is 17.8. The number of aliphatic carboxylic acids is 1. The van der Waals surface area contributed by atoms with E-state index in [1.165, 1.54) is 41.0 Å². The molecule has 0 aromatic heterocycles. The summed E-state index contributed by atoms with van der Waals surface area (Å²) in [5, 5.41) is 56.8. The maximum absolute atomic E-state index is 13.9. The minimum atomic E-state index is -1.84. The number of hydrogen-bond acceptors (Lipinski definition) is 16. The highest BCUT2D eigenvalue weighted by molar-refractivity contribution is 5.99. The first-order chi connectivity index (χ1) is 35.9. The lowest BCUT2D eigenvalue weighted by Crippen LogP contribution is -2.61. The summed E-state index contributed by atoms with van der Waals surface area (Å²) in [4.78, 5) is 152. The summed E-state index contributed by atoms with van der Waals surface area (Å²) in [6.45, 7) is 3.02. The second kappa shape index (κ2) is 30.6. The molecule has 2 saturated heterocycles. The molecule has 1 aromatic rings. The third-order valence-corrected chi connectivity index (χ3v) is 12.4. The number of likely N-dealkylation sites (tertiary alicyclic amines) is 2. The van der Waals surface area contributed by atoms with Crippen LogP contribution in [-0.4, -0.2) is 195 Å². The molecule has 2 heterocycles. The van der Waals surface area contributed by atoms with Gasteiger partial charge in [-0.2, -0.15) is 0 Å². The number of nitrogens with two attached hydrogens (primary N) is 4. The minimum absolute atomic E-state index is 0.00972. The summed E-state index contributed by atoms with van der Waals surface area (Å²) >= 11 is 0. The van der Waals surface area contributed by atoms with Gasteiger partial charge in [0.05, 0.1) is 19.8 Å². The van der Waals surface area contributed by atoms with Crippen molar-refractivity contribution in [2.24, 2.45) is 33.8 Å². The van der Waals surface area contributed by atoms with Crippen LogP contribution in [0.5, 0.6) is 5.75 Å². The van der Waals surface area contributed by atoms with Crippen LogP contribution < -0.4 is 60.2 Å². The third kappa shape index (κ3) is 19.6. The SMILES string of the molecule is CC(C)C[C@H](NC(=O)CN)C(=O)N1CCC[C@H]1C(=O)N[C@@H](C)C(=O)N1CCC[C@H]1C(=O)N[C@@H](CCC(N)=O)C(=O)N[C@@H](CO)C(=O)N[C@@H](Cc1ccc(O)cc1)C(=O)N[C@@H](CO)C(=O)N[C@@H](CCCN=C(N)N)C(=O)O. The Kier molecular flexibility index (Phi) is 25.3. The molecule has 29 heteroatoms. The van der Waals surface area contributed by atoms with Crippen LogP contribution in [-0.2, 0) is 59.2 Å². The van der Waals surface area contributed by atoms with Gasteiger partial charge in [-0.05, 0) is 81.9 Å². The average Bonchev–Trinajstić information content (AvgIpc) is 4.08. The highest BCUT2D eigenvalue weighted by Gasteiger charge is 2.42. The zero-order valence-corrected chi connectivity index (χ0v) is 42.8. The topological polar surface area (TPSA) is 476 Å². The van der Waals surface area contributed by atoms with Gasteiger partial charge in [0.1, 0.15) is 60.1 Å². The van der Waals surface area contributed by atoms with E-state index in [9.17, 15) is 73.2 Å². The summed E-state index contributed by atoms with van der Waals surface area (Å²) in [5.41, 5.74) is 21.8. The van der Waals surface area contributed by atoms with Crippen molar-refractivity contribution >= 4 is 71.0 Å². The van der Waals surface area contributed by atoms with Gasteiger partial charge in [0.25, 0.3) is 0 Å². The van der Waals surface area contributed by atoms with E-state index in [4.69, 9.17) is 22.9 Å². The maximum atomic E-state index is 13.9. The van der Waals surface area contributed by atoms with Gasteiger partial charge in [0.15, 0.2) is 5.96 Å². The van der Waals surface area contributed by atoms with Crippen LogP contribution >= 0.6 is 0 Å². The molecular formula is C47H74N14O15. The van der Waals surface area contributed by atoms with Crippen molar-refractivity contribution in [3.63, 3.8) is 0 Å². The van der Waals surface area contributed by atoms with Crippen molar-refractivity contribution in [2.75, 3.05) is 39.4 Å². The molecule has 10 amide bonds. The molecule has 0 bridgehead atoms. The Labute approximate surface area is 438 Å². The van der Waals surface area contributed by atoms with Gasteiger partial charge in [0, 0.05) is 32.5 Å². The second-order valence-corrected chi connectivity index (χ2v) is 18.9. The number of carbonyl (C=O) groups is 11. The second-order valence-electron chi connectivity index (χ2n) is 18.9. The number of rotatable bonds is 30. The van der Waals surface area contributed by atoms with Crippen LogP contribution in [0.3, 0.4) is 0 Å². The Hall–Kier alpha value is -7.66. The Bertz CT molecular complexity index is 2260. The van der Waals surface area contributed by atoms with Gasteiger partial charge >= 0.3 is 5.97 Å². The number of carbonyl (C=O) groups excluding carboxylic acids is 10. The van der Waals surface area contributed by atoms with E-state index in [0.29, 0.717) is 24.8 Å². The lowest BCUT2D eigenvalue weighted by Gasteiger charge is -2.31. The Balaban J connectivity index is 1.75. The standard InChI is InChI=1S/C47H74N14O15/c1-24(2)19-31(54-37(66)21-48)45(74)61-18-6-8-34(61)42(71)53-25(3)44(73)60-17-5-9-35(60)43(72)55-28(14-15-36(49)65)38(67)58-33(23-63)41(70)57-30(20-26-10-12-27(64)13-11-26)39(68)59-32(22-62)40(69)56-29(46(75)76)7-4-16-52-47(50)51/h10-13,24-25,28-35,62-64H,4-9,14-23,48H2,1-3H3,(H2,49,65)(H,53,71)(H,54,66)(H,55,72)(H,56,69)(H,57,70)(H,58,67)(H,59,68)(H,75,76)(H4,50,51,52)/t25-,28-,29-,30-,31-,32-,33-,34-,35-/m0/s1. The lowest BCUT2D eigenvalue weighted by molar-refractivity contribution is -0.144. The number of aromatic hydroxyl groups is 1. The summed E-state index contributed by atoms with van der Waals surface area (Å²) < 4.78 is 0. The number of primary amides is 1. The fourth-order valence-electron chi connectivity index (χ4n) is 8.51. The van der Waals surface area contributed by atoms with Crippen molar-refractivity contribution in [1.29, 1.82) is 0 Å². The fourth-order valence-corrected chi connectivity index (χ4v) is 8.51. The number of nitrogens with zero attached hydrogens (tertiary/aromatic N) is 3. The van der Waals surface area contributed by atoms with Crippen molar-refractivity contribution in [3.05, 3.63) is 29.8 Å². The van der Waals surface area contributed by atoms with E-state index in [1.807, 2.05) is 13.8 Å². The molecule has 2 aliphatic heterocycles. The number of hydrogen-bond donors (Lipinski definition) is 15. The van der Waals surface area contributed by atoms with Crippen LogP contribution in [0.15, 0.2) is 29.3 Å². The quantitative estimate of drug-likeness (QED) is 0.0194. The van der Waals surface area contributed by atoms with Gasteiger partial charge < -0.3 is 90.4 Å². The number of amides is 10. The zero-order valence-electron chi connectivity index (χ0n) is 42.8. The Morgan fingerprint density at radius 1 is 0.645 bits per heavy atom. The van der Waals surface area contributed by atoms with Crippen molar-refractivity contribution < 1.29 is 73.2 Å². The van der Waals surface area contributed by atoms with E-state index in [0.717, 1.165) is 0 Å². The number of phenols is 1. The predicted molar refractivity (Wildman–Crippen MR) is 269 cm³/mol. The largest absolute Gasteiger partial charge is 0.508 e. The van der Waals surface area contributed by atoms with E-state index in [1.54, 1.807) is 0 Å². The van der Waals surface area contributed by atoms with Gasteiger partial charge in [-0.25, -0.2) is 4.79 Å². The van der Waals surface area contributed by atoms with E-state index >= 15 is 0 Å². The molecule has 2 aliphatic rings. The molecule has 9 atom stereocenters. The number of aliphatic hydroxyl groups is 2. The molecule has 3 rings (SSSR count). The molecule has 0 aliphatic carbocycles. The van der Waals surface area contributed by atoms with Gasteiger partial charge in [-0.15, -0.1) is 0 Å². The third-order valence-electron chi connectivity index (χ3n) is 12.4. The average molecular weight is 1080 g/mol. The van der Waals surface area contributed by atoms with Crippen LogP contribution in [0.2, 0.25) is 0 Å². The van der Waals surface area contributed by atoms with E-state index in [2.05, 4.69) is 42.2 Å². The minimum Gasteiger partial charge on any atom is -0.508 e. The van der Waals surface area contributed by atoms with E-state index in [-0.39, 0.29) is 75.9 Å². The number of aliphatic hydroxyl groups excluding tert-OH is 2. The summed E-state index contributed by atoms with van der Waals surface area (Å²) in [7, 11) is 0. The Morgan fingerprint density at radius 3 is 1.64 bits per heavy atom. The van der Waals surface area contributed by atoms with Crippen LogP contribution in [0.1, 0.15) is 84.1 Å². The number of guanidine groups is 1. The first-order valence-electron chi connectivity index (χ1n) is 24.9. The van der Waals surface area contributed by atoms with Crippen LogP contribution in [0.25, 0.3) is 0 Å². The molecule has 0 saturated carbocycles. The van der Waals surface area contributed by atoms with Crippen molar-refractivity contribution in [2.45, 2.75) is 139 Å². The first kappa shape index (κ1) is 62.6. The number of carboxylic acids is 1.